The zero-order chi connectivity index (χ0) is 17.7. The van der Waals surface area contributed by atoms with E-state index in [-0.39, 0.29) is 11.7 Å². The van der Waals surface area contributed by atoms with Crippen molar-refractivity contribution in [1.29, 1.82) is 0 Å². The molecular formula is C18H23FN4O2. The molecule has 134 valence electrons. The molecule has 25 heavy (non-hydrogen) atoms. The van der Waals surface area contributed by atoms with Crippen molar-refractivity contribution in [3.05, 3.63) is 48.0 Å². The number of carbonyl (C=O) groups is 1. The first-order valence-corrected chi connectivity index (χ1v) is 8.50. The molecule has 1 aliphatic rings. The van der Waals surface area contributed by atoms with E-state index in [1.165, 1.54) is 12.1 Å². The van der Waals surface area contributed by atoms with Crippen LogP contribution in [0.1, 0.15) is 18.5 Å². The van der Waals surface area contributed by atoms with Gasteiger partial charge in [0.15, 0.2) is 0 Å². The monoisotopic (exact) mass is 346 g/mol. The number of ether oxygens (including phenoxy) is 1. The van der Waals surface area contributed by atoms with E-state index in [1.807, 2.05) is 12.3 Å². The molecule has 0 bridgehead atoms. The third kappa shape index (κ3) is 4.05. The average Bonchev–Trinajstić information content (AvgIpc) is 3.11. The molecule has 1 aliphatic heterocycles. The van der Waals surface area contributed by atoms with E-state index < -0.39 is 5.41 Å². The summed E-state index contributed by atoms with van der Waals surface area (Å²) in [5.74, 6) is -0.281. The smallest absolute Gasteiger partial charge is 0.227 e. The lowest BCUT2D eigenvalue weighted by atomic mass is 9.79. The minimum Gasteiger partial charge on any atom is -0.381 e. The van der Waals surface area contributed by atoms with Crippen LogP contribution in [-0.4, -0.2) is 42.0 Å². The Bertz CT molecular complexity index is 708. The summed E-state index contributed by atoms with van der Waals surface area (Å²) in [6, 6.07) is 8.03. The summed E-state index contributed by atoms with van der Waals surface area (Å²) in [6.45, 7) is 1.99. The van der Waals surface area contributed by atoms with Crippen molar-refractivity contribution >= 4 is 5.91 Å². The first kappa shape index (κ1) is 17.6. The highest BCUT2D eigenvalue weighted by Gasteiger charge is 2.38. The second-order valence-corrected chi connectivity index (χ2v) is 6.33. The highest BCUT2D eigenvalue weighted by molar-refractivity contribution is 5.83. The van der Waals surface area contributed by atoms with Crippen molar-refractivity contribution in [3.63, 3.8) is 0 Å². The zero-order valence-corrected chi connectivity index (χ0v) is 14.1. The van der Waals surface area contributed by atoms with Gasteiger partial charge < -0.3 is 15.8 Å². The Morgan fingerprint density at radius 1 is 1.28 bits per heavy atom. The molecule has 0 unspecified atom stereocenters. The van der Waals surface area contributed by atoms with Crippen molar-refractivity contribution in [3.8, 4) is 5.69 Å². The molecule has 2 aromatic rings. The van der Waals surface area contributed by atoms with Crippen molar-refractivity contribution in [1.82, 2.24) is 15.1 Å². The summed E-state index contributed by atoms with van der Waals surface area (Å²) in [4.78, 5) is 12.5. The van der Waals surface area contributed by atoms with Crippen molar-refractivity contribution in [2.24, 2.45) is 11.1 Å². The molecule has 3 N–H and O–H groups in total. The molecule has 0 saturated carbocycles. The average molecular weight is 346 g/mol. The molecule has 1 aromatic heterocycles. The van der Waals surface area contributed by atoms with E-state index in [9.17, 15) is 9.18 Å². The molecule has 1 amide bonds. The molecule has 7 heteroatoms. The van der Waals surface area contributed by atoms with Crippen LogP contribution in [0.3, 0.4) is 0 Å². The van der Waals surface area contributed by atoms with Gasteiger partial charge in [0, 0.05) is 38.9 Å². The number of aromatic nitrogens is 2. The van der Waals surface area contributed by atoms with E-state index in [2.05, 4.69) is 10.4 Å². The predicted molar refractivity (Wildman–Crippen MR) is 91.8 cm³/mol. The molecule has 1 saturated heterocycles. The van der Waals surface area contributed by atoms with Gasteiger partial charge >= 0.3 is 0 Å². The lowest BCUT2D eigenvalue weighted by Crippen LogP contribution is -2.49. The summed E-state index contributed by atoms with van der Waals surface area (Å²) in [5, 5.41) is 7.43. The number of hydrogen-bond donors (Lipinski definition) is 2. The molecule has 0 atom stereocenters. The summed E-state index contributed by atoms with van der Waals surface area (Å²) >= 11 is 0. The lowest BCUT2D eigenvalue weighted by molar-refractivity contribution is -0.135. The fourth-order valence-corrected chi connectivity index (χ4v) is 3.01. The molecule has 0 aliphatic carbocycles. The first-order valence-electron chi connectivity index (χ1n) is 8.50. The minimum absolute atomic E-state index is 0.00346. The largest absolute Gasteiger partial charge is 0.381 e. The van der Waals surface area contributed by atoms with Crippen LogP contribution in [-0.2, 0) is 16.0 Å². The molecule has 0 radical (unpaired) electrons. The first-order chi connectivity index (χ1) is 12.1. The molecule has 3 rings (SSSR count). The second kappa shape index (κ2) is 7.76. The number of nitrogens with one attached hydrogen (secondary N) is 1. The maximum absolute atomic E-state index is 13.0. The highest BCUT2D eigenvalue weighted by Crippen LogP contribution is 2.29. The maximum Gasteiger partial charge on any atom is 0.227 e. The van der Waals surface area contributed by atoms with Gasteiger partial charge in [-0.05, 0) is 43.2 Å². The van der Waals surface area contributed by atoms with Crippen LogP contribution in [0, 0.1) is 11.2 Å². The fraction of sp³-hybridized carbons (Fsp3) is 0.444. The normalized spacial score (nSPS) is 16.6. The van der Waals surface area contributed by atoms with Gasteiger partial charge in [-0.1, -0.05) is 0 Å². The van der Waals surface area contributed by atoms with Gasteiger partial charge in [-0.2, -0.15) is 5.10 Å². The van der Waals surface area contributed by atoms with Crippen molar-refractivity contribution < 1.29 is 13.9 Å². The molecule has 2 heterocycles. The molecular weight excluding hydrogens is 323 g/mol. The number of hydrogen-bond acceptors (Lipinski definition) is 4. The summed E-state index contributed by atoms with van der Waals surface area (Å²) in [5.41, 5.74) is 6.99. The van der Waals surface area contributed by atoms with Crippen LogP contribution in [0.4, 0.5) is 4.39 Å². The third-order valence-electron chi connectivity index (χ3n) is 4.72. The van der Waals surface area contributed by atoms with E-state index in [0.29, 0.717) is 45.6 Å². The van der Waals surface area contributed by atoms with E-state index in [0.717, 1.165) is 11.4 Å². The van der Waals surface area contributed by atoms with Gasteiger partial charge in [-0.25, -0.2) is 9.07 Å². The summed E-state index contributed by atoms with van der Waals surface area (Å²) in [6.07, 6.45) is 3.77. The summed E-state index contributed by atoms with van der Waals surface area (Å²) in [7, 11) is 0. The Labute approximate surface area is 146 Å². The number of amides is 1. The van der Waals surface area contributed by atoms with Crippen LogP contribution in [0.5, 0.6) is 0 Å². The van der Waals surface area contributed by atoms with Crippen LogP contribution in [0.25, 0.3) is 5.69 Å². The Hall–Kier alpha value is -2.25. The Balaban J connectivity index is 1.54. The summed E-state index contributed by atoms with van der Waals surface area (Å²) < 4.78 is 20.0. The number of nitrogens with zero attached hydrogens (tertiary/aromatic N) is 2. The van der Waals surface area contributed by atoms with Gasteiger partial charge in [0.05, 0.1) is 16.8 Å². The third-order valence-corrected chi connectivity index (χ3v) is 4.72. The number of rotatable bonds is 6. The highest BCUT2D eigenvalue weighted by atomic mass is 19.1. The van der Waals surface area contributed by atoms with Crippen LogP contribution in [0.2, 0.25) is 0 Å². The number of carbonyl (C=O) groups excluding carboxylic acids is 1. The van der Waals surface area contributed by atoms with E-state index in [1.54, 1.807) is 16.8 Å². The van der Waals surface area contributed by atoms with Crippen molar-refractivity contribution in [2.75, 3.05) is 26.3 Å². The molecule has 1 aromatic carbocycles. The van der Waals surface area contributed by atoms with E-state index in [4.69, 9.17) is 10.5 Å². The lowest BCUT2D eigenvalue weighted by Gasteiger charge is -2.34. The molecule has 0 spiro atoms. The van der Waals surface area contributed by atoms with Gasteiger partial charge in [0.1, 0.15) is 5.82 Å². The van der Waals surface area contributed by atoms with Gasteiger partial charge in [-0.3, -0.25) is 4.79 Å². The number of halogens is 1. The minimum atomic E-state index is -0.508. The topological polar surface area (TPSA) is 82.2 Å². The predicted octanol–water partition coefficient (Wildman–Crippen LogP) is 1.43. The standard InChI is InChI=1S/C18H23FN4O2/c19-14-1-3-16(4-2-14)23-10-6-15(22-23)5-9-21-17(24)18(13-20)7-11-25-12-8-18/h1-4,6,10H,5,7-9,11-13,20H2,(H,21,24). The van der Waals surface area contributed by atoms with Crippen LogP contribution < -0.4 is 11.1 Å². The fourth-order valence-electron chi connectivity index (χ4n) is 3.01. The van der Waals surface area contributed by atoms with Gasteiger partial charge in [-0.15, -0.1) is 0 Å². The van der Waals surface area contributed by atoms with Crippen LogP contribution in [0.15, 0.2) is 36.5 Å². The second-order valence-electron chi connectivity index (χ2n) is 6.33. The Kier molecular flexibility index (Phi) is 5.45. The molecule has 6 nitrogen and oxygen atoms in total. The SMILES string of the molecule is NCC1(C(=O)NCCc2ccn(-c3ccc(F)cc3)n2)CCOCC1. The number of nitrogens with two attached hydrogens (primary N) is 1. The Morgan fingerprint density at radius 3 is 2.68 bits per heavy atom. The number of benzene rings is 1. The van der Waals surface area contributed by atoms with E-state index >= 15 is 0 Å². The van der Waals surface area contributed by atoms with Gasteiger partial charge in [0.25, 0.3) is 0 Å². The maximum atomic E-state index is 13.0. The van der Waals surface area contributed by atoms with Gasteiger partial charge in [0.2, 0.25) is 5.91 Å². The molecule has 1 fully saturated rings. The van der Waals surface area contributed by atoms with Crippen LogP contribution >= 0.6 is 0 Å². The van der Waals surface area contributed by atoms with Crippen molar-refractivity contribution in [2.45, 2.75) is 19.3 Å². The Morgan fingerprint density at radius 2 is 2.00 bits per heavy atom. The quantitative estimate of drug-likeness (QED) is 0.829. The zero-order valence-electron chi connectivity index (χ0n) is 14.1.